The first-order valence-corrected chi connectivity index (χ1v) is 7.85. The number of methoxy groups -OCH3 is 1. The number of fused-ring (bicyclic) bond motifs is 1. The zero-order valence-corrected chi connectivity index (χ0v) is 13.0. The van der Waals surface area contributed by atoms with Gasteiger partial charge in [0.05, 0.1) is 7.11 Å². The summed E-state index contributed by atoms with van der Waals surface area (Å²) in [6.07, 6.45) is 2.85. The Balaban J connectivity index is 1.67. The molecule has 0 aliphatic carbocycles. The highest BCUT2D eigenvalue weighted by atomic mass is 32.1. The molecule has 21 heavy (non-hydrogen) atoms. The number of ether oxygens (including phenoxy) is 1. The Kier molecular flexibility index (Phi) is 4.06. The van der Waals surface area contributed by atoms with Gasteiger partial charge >= 0.3 is 0 Å². The highest BCUT2D eigenvalue weighted by Crippen LogP contribution is 2.29. The Hall–Kier alpha value is -2.07. The van der Waals surface area contributed by atoms with Crippen LogP contribution in [0.3, 0.4) is 0 Å². The lowest BCUT2D eigenvalue weighted by molar-refractivity contribution is 0.414. The second-order valence-corrected chi connectivity index (χ2v) is 5.84. The number of rotatable bonds is 5. The summed E-state index contributed by atoms with van der Waals surface area (Å²) >= 11 is 1.70. The molecule has 0 spiro atoms. The van der Waals surface area contributed by atoms with Crippen LogP contribution in [0.5, 0.6) is 5.75 Å². The van der Waals surface area contributed by atoms with E-state index in [0.717, 1.165) is 23.5 Å². The third-order valence-corrected chi connectivity index (χ3v) is 4.55. The minimum Gasteiger partial charge on any atom is -0.497 e. The van der Waals surface area contributed by atoms with Gasteiger partial charge in [0.15, 0.2) is 0 Å². The SMILES string of the molecule is COc1ccc(CCNc2ccnc3scc(C)c23)cc1. The number of benzene rings is 1. The average Bonchev–Trinajstić information content (AvgIpc) is 2.90. The van der Waals surface area contributed by atoms with Gasteiger partial charge in [-0.1, -0.05) is 12.1 Å². The van der Waals surface area contributed by atoms with Gasteiger partial charge in [-0.2, -0.15) is 0 Å². The Morgan fingerprint density at radius 3 is 2.76 bits per heavy atom. The van der Waals surface area contributed by atoms with Crippen LogP contribution in [0, 0.1) is 6.92 Å². The first-order chi connectivity index (χ1) is 10.3. The predicted octanol–water partition coefficient (Wildman–Crippen LogP) is 4.27. The van der Waals surface area contributed by atoms with Crippen LogP contribution in [0.4, 0.5) is 5.69 Å². The molecule has 2 heterocycles. The van der Waals surface area contributed by atoms with Crippen LogP contribution in [0.25, 0.3) is 10.2 Å². The lowest BCUT2D eigenvalue weighted by Crippen LogP contribution is -2.05. The Morgan fingerprint density at radius 2 is 2.00 bits per heavy atom. The van der Waals surface area contributed by atoms with E-state index in [0.29, 0.717) is 0 Å². The second-order valence-electron chi connectivity index (χ2n) is 4.98. The Labute approximate surface area is 128 Å². The number of anilines is 1. The second kappa shape index (κ2) is 6.14. The maximum absolute atomic E-state index is 5.17. The largest absolute Gasteiger partial charge is 0.497 e. The molecule has 1 aromatic carbocycles. The molecule has 0 aliphatic heterocycles. The van der Waals surface area contributed by atoms with Gasteiger partial charge in [-0.25, -0.2) is 4.98 Å². The summed E-state index contributed by atoms with van der Waals surface area (Å²) in [7, 11) is 1.69. The van der Waals surface area contributed by atoms with Gasteiger partial charge < -0.3 is 10.1 Å². The number of hydrogen-bond donors (Lipinski definition) is 1. The van der Waals surface area contributed by atoms with Crippen LogP contribution in [0.15, 0.2) is 41.9 Å². The van der Waals surface area contributed by atoms with E-state index in [2.05, 4.69) is 40.8 Å². The summed E-state index contributed by atoms with van der Waals surface area (Å²) in [6, 6.07) is 10.3. The first-order valence-electron chi connectivity index (χ1n) is 6.97. The van der Waals surface area contributed by atoms with E-state index < -0.39 is 0 Å². The number of pyridine rings is 1. The van der Waals surface area contributed by atoms with Crippen molar-refractivity contribution in [2.75, 3.05) is 19.0 Å². The highest BCUT2D eigenvalue weighted by Gasteiger charge is 2.06. The van der Waals surface area contributed by atoms with E-state index in [-0.39, 0.29) is 0 Å². The molecule has 0 bridgehead atoms. The van der Waals surface area contributed by atoms with Crippen molar-refractivity contribution in [2.45, 2.75) is 13.3 Å². The fraction of sp³-hybridized carbons (Fsp3) is 0.235. The zero-order valence-electron chi connectivity index (χ0n) is 12.2. The quantitative estimate of drug-likeness (QED) is 0.764. The summed E-state index contributed by atoms with van der Waals surface area (Å²) in [4.78, 5) is 5.51. The molecule has 0 saturated carbocycles. The van der Waals surface area contributed by atoms with Crippen LogP contribution in [-0.2, 0) is 6.42 Å². The van der Waals surface area contributed by atoms with Gasteiger partial charge in [0.1, 0.15) is 10.6 Å². The zero-order chi connectivity index (χ0) is 14.7. The van der Waals surface area contributed by atoms with E-state index in [1.54, 1.807) is 18.4 Å². The molecule has 0 aliphatic rings. The lowest BCUT2D eigenvalue weighted by atomic mass is 10.1. The van der Waals surface area contributed by atoms with Crippen LogP contribution >= 0.6 is 11.3 Å². The van der Waals surface area contributed by atoms with Gasteiger partial charge in [-0.3, -0.25) is 0 Å². The summed E-state index contributed by atoms with van der Waals surface area (Å²) in [5.74, 6) is 0.899. The van der Waals surface area contributed by atoms with Crippen molar-refractivity contribution in [3.63, 3.8) is 0 Å². The maximum atomic E-state index is 5.17. The summed E-state index contributed by atoms with van der Waals surface area (Å²) in [5, 5.41) is 6.93. The van der Waals surface area contributed by atoms with Gasteiger partial charge in [-0.05, 0) is 48.1 Å². The molecule has 0 fully saturated rings. The molecular weight excluding hydrogens is 280 g/mol. The standard InChI is InChI=1S/C17H18N2OS/c1-12-11-21-17-16(12)15(8-10-19-17)18-9-7-13-3-5-14(20-2)6-4-13/h3-6,8,10-11H,7,9H2,1-2H3,(H,18,19). The smallest absolute Gasteiger partial charge is 0.125 e. The topological polar surface area (TPSA) is 34.1 Å². The average molecular weight is 298 g/mol. The summed E-state index contributed by atoms with van der Waals surface area (Å²) < 4.78 is 5.17. The third kappa shape index (κ3) is 3.00. The molecule has 3 rings (SSSR count). The summed E-state index contributed by atoms with van der Waals surface area (Å²) in [5.41, 5.74) is 3.76. The lowest BCUT2D eigenvalue weighted by Gasteiger charge is -2.09. The van der Waals surface area contributed by atoms with Gasteiger partial charge in [0, 0.05) is 23.8 Å². The molecule has 3 aromatic rings. The van der Waals surface area contributed by atoms with Crippen LogP contribution in [0.2, 0.25) is 0 Å². The van der Waals surface area contributed by atoms with Crippen LogP contribution in [-0.4, -0.2) is 18.6 Å². The maximum Gasteiger partial charge on any atom is 0.125 e. The molecule has 0 radical (unpaired) electrons. The van der Waals surface area contributed by atoms with Crippen molar-refractivity contribution in [1.82, 2.24) is 4.98 Å². The molecule has 4 heteroatoms. The van der Waals surface area contributed by atoms with E-state index in [9.17, 15) is 0 Å². The first kappa shape index (κ1) is 13.9. The number of nitrogens with one attached hydrogen (secondary N) is 1. The Bertz CT molecular complexity index is 734. The van der Waals surface area contributed by atoms with Gasteiger partial charge in [0.2, 0.25) is 0 Å². The van der Waals surface area contributed by atoms with Crippen molar-refractivity contribution in [2.24, 2.45) is 0 Å². The Morgan fingerprint density at radius 1 is 1.19 bits per heavy atom. The molecule has 0 amide bonds. The molecule has 108 valence electrons. The normalized spacial score (nSPS) is 10.8. The van der Waals surface area contributed by atoms with E-state index in [1.807, 2.05) is 18.3 Å². The minimum absolute atomic E-state index is 0.899. The van der Waals surface area contributed by atoms with E-state index >= 15 is 0 Å². The van der Waals surface area contributed by atoms with Crippen LogP contribution in [0.1, 0.15) is 11.1 Å². The van der Waals surface area contributed by atoms with Crippen molar-refractivity contribution < 1.29 is 4.74 Å². The van der Waals surface area contributed by atoms with Crippen molar-refractivity contribution in [3.05, 3.63) is 53.0 Å². The van der Waals surface area contributed by atoms with Gasteiger partial charge in [0.25, 0.3) is 0 Å². The monoisotopic (exact) mass is 298 g/mol. The van der Waals surface area contributed by atoms with E-state index in [4.69, 9.17) is 4.74 Å². The molecule has 0 saturated heterocycles. The molecular formula is C17H18N2OS. The number of aryl methyl sites for hydroxylation is 1. The molecule has 3 nitrogen and oxygen atoms in total. The predicted molar refractivity (Wildman–Crippen MR) is 89.5 cm³/mol. The fourth-order valence-electron chi connectivity index (χ4n) is 2.40. The number of aromatic nitrogens is 1. The highest BCUT2D eigenvalue weighted by molar-refractivity contribution is 7.17. The third-order valence-electron chi connectivity index (χ3n) is 3.55. The molecule has 0 unspecified atom stereocenters. The molecule has 0 atom stereocenters. The van der Waals surface area contributed by atoms with Crippen LogP contribution < -0.4 is 10.1 Å². The van der Waals surface area contributed by atoms with Crippen molar-refractivity contribution in [1.29, 1.82) is 0 Å². The minimum atomic E-state index is 0.899. The van der Waals surface area contributed by atoms with Crippen molar-refractivity contribution >= 4 is 27.2 Å². The van der Waals surface area contributed by atoms with Gasteiger partial charge in [-0.15, -0.1) is 11.3 Å². The molecule has 2 aromatic heterocycles. The molecule has 1 N–H and O–H groups in total. The fourth-order valence-corrected chi connectivity index (χ4v) is 3.31. The number of thiophene rings is 1. The van der Waals surface area contributed by atoms with Crippen molar-refractivity contribution in [3.8, 4) is 5.75 Å². The number of hydrogen-bond acceptors (Lipinski definition) is 4. The number of nitrogens with zero attached hydrogens (tertiary/aromatic N) is 1. The summed E-state index contributed by atoms with van der Waals surface area (Å²) in [6.45, 7) is 3.04. The van der Waals surface area contributed by atoms with E-state index in [1.165, 1.54) is 22.2 Å².